The third-order valence-corrected chi connectivity index (χ3v) is 5.35. The maximum atomic E-state index is 12.7. The topological polar surface area (TPSA) is 52.6 Å². The lowest BCUT2D eigenvalue weighted by Gasteiger charge is -2.11. The van der Waals surface area contributed by atoms with E-state index >= 15 is 0 Å². The van der Waals surface area contributed by atoms with Gasteiger partial charge >= 0.3 is 0 Å². The Kier molecular flexibility index (Phi) is 5.62. The van der Waals surface area contributed by atoms with E-state index in [1.807, 2.05) is 12.1 Å². The zero-order valence-corrected chi connectivity index (χ0v) is 17.5. The van der Waals surface area contributed by atoms with Crippen LogP contribution in [-0.2, 0) is 0 Å². The molecular weight excluding hydrogens is 423 g/mol. The van der Waals surface area contributed by atoms with E-state index in [1.54, 1.807) is 61.5 Å². The van der Waals surface area contributed by atoms with Crippen molar-refractivity contribution in [1.29, 1.82) is 0 Å². The van der Waals surface area contributed by atoms with Gasteiger partial charge in [0.2, 0.25) is 5.78 Å². The van der Waals surface area contributed by atoms with Crippen LogP contribution >= 0.6 is 23.2 Å². The maximum absolute atomic E-state index is 12.7. The second kappa shape index (κ2) is 8.34. The zero-order valence-electron chi connectivity index (χ0n) is 15.9. The highest BCUT2D eigenvalue weighted by Crippen LogP contribution is 2.39. The van der Waals surface area contributed by atoms with E-state index in [2.05, 4.69) is 0 Å². The Balaban J connectivity index is 1.54. The lowest BCUT2D eigenvalue weighted by Crippen LogP contribution is -2.12. The average Bonchev–Trinajstić information content (AvgIpc) is 3.06. The van der Waals surface area contributed by atoms with Crippen molar-refractivity contribution in [2.24, 2.45) is 0 Å². The quantitative estimate of drug-likeness (QED) is 0.352. The molecule has 4 rings (SSSR count). The monoisotopic (exact) mass is 438 g/mol. The first-order valence-corrected chi connectivity index (χ1v) is 9.93. The van der Waals surface area contributed by atoms with Crippen molar-refractivity contribution in [2.75, 3.05) is 6.61 Å². The number of ether oxygens (including phenoxy) is 2. The molecule has 0 spiro atoms. The fourth-order valence-corrected chi connectivity index (χ4v) is 3.44. The van der Waals surface area contributed by atoms with Crippen molar-refractivity contribution in [2.45, 2.75) is 6.92 Å². The molecule has 0 aliphatic carbocycles. The smallest absolute Gasteiger partial charge is 0.231 e. The summed E-state index contributed by atoms with van der Waals surface area (Å²) in [6, 6.07) is 17.1. The van der Waals surface area contributed by atoms with Crippen LogP contribution in [0.3, 0.4) is 0 Å². The van der Waals surface area contributed by atoms with Crippen LogP contribution in [0.25, 0.3) is 6.08 Å². The van der Waals surface area contributed by atoms with Gasteiger partial charge in [-0.25, -0.2) is 0 Å². The van der Waals surface area contributed by atoms with Gasteiger partial charge in [-0.05, 0) is 61.0 Å². The number of hydrogen-bond donors (Lipinski definition) is 0. The van der Waals surface area contributed by atoms with Crippen LogP contribution in [0.15, 0.2) is 66.4 Å². The molecule has 0 saturated heterocycles. The highest BCUT2D eigenvalue weighted by molar-refractivity contribution is 6.32. The lowest BCUT2D eigenvalue weighted by atomic mass is 10.1. The molecule has 1 aliphatic heterocycles. The standard InChI is InChI=1S/C24H16Cl2O4/c1-14-21(29-13-20(27)15-6-8-17(25)9-7-15)11-10-18-23(28)22(30-24(14)18)12-16-4-2-3-5-19(16)26/h2-12H,13H2,1H3/b22-12-. The number of benzene rings is 3. The molecule has 0 amide bonds. The molecule has 6 heteroatoms. The van der Waals surface area contributed by atoms with Gasteiger partial charge < -0.3 is 9.47 Å². The number of ketones is 2. The van der Waals surface area contributed by atoms with E-state index in [9.17, 15) is 9.59 Å². The number of fused-ring (bicyclic) bond motifs is 1. The molecule has 4 nitrogen and oxygen atoms in total. The number of hydrogen-bond acceptors (Lipinski definition) is 4. The number of allylic oxidation sites excluding steroid dienone is 1. The number of rotatable bonds is 5. The van der Waals surface area contributed by atoms with Gasteiger partial charge in [-0.1, -0.05) is 41.4 Å². The summed E-state index contributed by atoms with van der Waals surface area (Å²) in [6.45, 7) is 1.64. The van der Waals surface area contributed by atoms with E-state index in [-0.39, 0.29) is 23.9 Å². The summed E-state index contributed by atoms with van der Waals surface area (Å²) in [4.78, 5) is 25.1. The van der Waals surface area contributed by atoms with Gasteiger partial charge in [0, 0.05) is 21.2 Å². The van der Waals surface area contributed by atoms with Crippen molar-refractivity contribution in [1.82, 2.24) is 0 Å². The predicted octanol–water partition coefficient (Wildman–Crippen LogP) is 6.18. The molecule has 1 aliphatic rings. The van der Waals surface area contributed by atoms with Gasteiger partial charge in [-0.15, -0.1) is 0 Å². The molecule has 0 radical (unpaired) electrons. The summed E-state index contributed by atoms with van der Waals surface area (Å²) in [5.74, 6) is 0.688. The molecule has 0 unspecified atom stereocenters. The van der Waals surface area contributed by atoms with Crippen LogP contribution in [-0.4, -0.2) is 18.2 Å². The molecule has 150 valence electrons. The Morgan fingerprint density at radius 2 is 1.77 bits per heavy atom. The second-order valence-electron chi connectivity index (χ2n) is 6.75. The highest BCUT2D eigenvalue weighted by Gasteiger charge is 2.30. The van der Waals surface area contributed by atoms with E-state index in [4.69, 9.17) is 32.7 Å². The lowest BCUT2D eigenvalue weighted by molar-refractivity contribution is 0.0920. The number of carbonyl (C=O) groups excluding carboxylic acids is 2. The van der Waals surface area contributed by atoms with Gasteiger partial charge in [-0.3, -0.25) is 9.59 Å². The third kappa shape index (κ3) is 3.97. The van der Waals surface area contributed by atoms with Crippen molar-refractivity contribution < 1.29 is 19.1 Å². The summed E-state index contributed by atoms with van der Waals surface area (Å²) in [6.07, 6.45) is 1.62. The Morgan fingerprint density at radius 1 is 1.03 bits per heavy atom. The van der Waals surface area contributed by atoms with Gasteiger partial charge in [0.15, 0.2) is 18.1 Å². The fraction of sp³-hybridized carbons (Fsp3) is 0.0833. The zero-order chi connectivity index (χ0) is 21.3. The Hall–Kier alpha value is -3.08. The summed E-state index contributed by atoms with van der Waals surface area (Å²) < 4.78 is 11.5. The van der Waals surface area contributed by atoms with Crippen LogP contribution in [0.4, 0.5) is 0 Å². The normalized spacial score (nSPS) is 13.8. The van der Waals surface area contributed by atoms with Crippen molar-refractivity contribution in [3.05, 3.63) is 98.7 Å². The summed E-state index contributed by atoms with van der Waals surface area (Å²) in [5, 5.41) is 1.09. The molecule has 0 bridgehead atoms. The average molecular weight is 439 g/mol. The summed E-state index contributed by atoms with van der Waals surface area (Å²) in [5.41, 5.74) is 2.29. The van der Waals surface area contributed by atoms with E-state index in [1.165, 1.54) is 0 Å². The van der Waals surface area contributed by atoms with Crippen LogP contribution in [0, 0.1) is 6.92 Å². The minimum atomic E-state index is -0.225. The highest BCUT2D eigenvalue weighted by atomic mass is 35.5. The summed E-state index contributed by atoms with van der Waals surface area (Å²) in [7, 11) is 0. The van der Waals surface area contributed by atoms with E-state index < -0.39 is 0 Å². The fourth-order valence-electron chi connectivity index (χ4n) is 3.12. The summed E-state index contributed by atoms with van der Waals surface area (Å²) >= 11 is 12.0. The van der Waals surface area contributed by atoms with E-state index in [0.717, 1.165) is 0 Å². The largest absolute Gasteiger partial charge is 0.485 e. The molecule has 3 aromatic carbocycles. The van der Waals surface area contributed by atoms with Crippen LogP contribution in [0.1, 0.15) is 31.8 Å². The van der Waals surface area contributed by atoms with Crippen molar-refractivity contribution in [3.8, 4) is 11.5 Å². The second-order valence-corrected chi connectivity index (χ2v) is 7.59. The predicted molar refractivity (Wildman–Crippen MR) is 117 cm³/mol. The first-order valence-electron chi connectivity index (χ1n) is 9.18. The molecule has 30 heavy (non-hydrogen) atoms. The first-order chi connectivity index (χ1) is 14.4. The Morgan fingerprint density at radius 3 is 2.50 bits per heavy atom. The van der Waals surface area contributed by atoms with Crippen LogP contribution in [0.2, 0.25) is 10.0 Å². The van der Waals surface area contributed by atoms with Crippen LogP contribution in [0.5, 0.6) is 11.5 Å². The van der Waals surface area contributed by atoms with Gasteiger partial charge in [-0.2, -0.15) is 0 Å². The minimum absolute atomic E-state index is 0.141. The van der Waals surface area contributed by atoms with Crippen molar-refractivity contribution >= 4 is 40.8 Å². The van der Waals surface area contributed by atoms with Gasteiger partial charge in [0.25, 0.3) is 0 Å². The molecule has 0 N–H and O–H groups in total. The maximum Gasteiger partial charge on any atom is 0.231 e. The van der Waals surface area contributed by atoms with Gasteiger partial charge in [0.05, 0.1) is 5.56 Å². The molecular formula is C24H16Cl2O4. The Labute approximate surface area is 183 Å². The van der Waals surface area contributed by atoms with Crippen LogP contribution < -0.4 is 9.47 Å². The van der Waals surface area contributed by atoms with Gasteiger partial charge in [0.1, 0.15) is 11.5 Å². The number of halogens is 2. The molecule has 0 fully saturated rings. The molecule has 3 aromatic rings. The third-order valence-electron chi connectivity index (χ3n) is 4.75. The SMILES string of the molecule is Cc1c(OCC(=O)c2ccc(Cl)cc2)ccc2c1O/C(=C\c1ccccc1Cl)C2=O. The van der Waals surface area contributed by atoms with E-state index in [0.29, 0.717) is 43.8 Å². The minimum Gasteiger partial charge on any atom is -0.485 e. The Bertz CT molecular complexity index is 1180. The van der Waals surface area contributed by atoms with Crippen molar-refractivity contribution in [3.63, 3.8) is 0 Å². The molecule has 0 atom stereocenters. The first kappa shape index (κ1) is 20.2. The molecule has 0 aromatic heterocycles. The molecule has 1 heterocycles. The number of Topliss-reactive ketones (excluding diaryl/α,β-unsaturated/α-hetero) is 2. The molecule has 0 saturated carbocycles. The number of carbonyl (C=O) groups is 2.